The number of hydrogen-bond acceptors (Lipinski definition) is 7. The number of benzene rings is 4. The molecule has 2 aliphatic rings. The molecular formula is C35H30N2O6. The summed E-state index contributed by atoms with van der Waals surface area (Å²) in [6.07, 6.45) is 0. The number of nitrogens with zero attached hydrogens (tertiary/aromatic N) is 2. The molecule has 5 aromatic rings. The lowest BCUT2D eigenvalue weighted by molar-refractivity contribution is -0.0909. The number of methoxy groups -OCH3 is 3. The lowest BCUT2D eigenvalue weighted by Gasteiger charge is -2.40. The van der Waals surface area contributed by atoms with Crippen LogP contribution in [0.4, 0.5) is 0 Å². The molecule has 43 heavy (non-hydrogen) atoms. The topological polar surface area (TPSA) is 92.0 Å². The molecule has 0 saturated heterocycles. The first-order valence-corrected chi connectivity index (χ1v) is 13.9. The van der Waals surface area contributed by atoms with Crippen LogP contribution in [-0.4, -0.2) is 36.0 Å². The lowest BCUT2D eigenvalue weighted by atomic mass is 9.70. The maximum Gasteiger partial charge on any atom is 0.257 e. The summed E-state index contributed by atoms with van der Waals surface area (Å²) in [7, 11) is 6.39. The Balaban J connectivity index is 1.66. The van der Waals surface area contributed by atoms with Crippen LogP contribution >= 0.6 is 0 Å². The summed E-state index contributed by atoms with van der Waals surface area (Å²) < 4.78 is 25.5. The average molecular weight is 575 g/mol. The maximum atomic E-state index is 14.5. The number of hydrogen-bond donors (Lipinski definition) is 1. The zero-order valence-electron chi connectivity index (χ0n) is 24.2. The molecule has 1 aliphatic carbocycles. The summed E-state index contributed by atoms with van der Waals surface area (Å²) in [5.74, 6) is 1.56. The smallest absolute Gasteiger partial charge is 0.257 e. The molecule has 0 spiro atoms. The molecule has 0 bridgehead atoms. The molecule has 7 rings (SSSR count). The quantitative estimate of drug-likeness (QED) is 0.300. The third kappa shape index (κ3) is 3.53. The summed E-state index contributed by atoms with van der Waals surface area (Å²) in [6, 6.07) is 29.9. The summed E-state index contributed by atoms with van der Waals surface area (Å²) in [4.78, 5) is 19.7. The van der Waals surface area contributed by atoms with Gasteiger partial charge in [-0.2, -0.15) is 0 Å². The van der Waals surface area contributed by atoms with Crippen molar-refractivity contribution < 1.29 is 24.1 Å². The minimum absolute atomic E-state index is 0.223. The van der Waals surface area contributed by atoms with Gasteiger partial charge < -0.3 is 24.1 Å². The Morgan fingerprint density at radius 1 is 0.837 bits per heavy atom. The van der Waals surface area contributed by atoms with Crippen molar-refractivity contribution in [3.8, 4) is 34.4 Å². The summed E-state index contributed by atoms with van der Waals surface area (Å²) in [5, 5.41) is 13.5. The van der Waals surface area contributed by atoms with Gasteiger partial charge in [-0.05, 0) is 17.7 Å². The molecule has 1 N–H and O–H groups in total. The third-order valence-electron chi connectivity index (χ3n) is 8.71. The van der Waals surface area contributed by atoms with Crippen LogP contribution in [-0.2, 0) is 18.2 Å². The Hall–Kier alpha value is -5.08. The highest BCUT2D eigenvalue weighted by Gasteiger charge is 2.74. The number of rotatable bonds is 6. The van der Waals surface area contributed by atoms with Crippen LogP contribution in [0.3, 0.4) is 0 Å². The van der Waals surface area contributed by atoms with Gasteiger partial charge in [0.2, 0.25) is 0 Å². The maximum absolute atomic E-state index is 14.5. The van der Waals surface area contributed by atoms with Gasteiger partial charge in [0.05, 0.1) is 44.1 Å². The number of aromatic nitrogens is 2. The van der Waals surface area contributed by atoms with Gasteiger partial charge in [-0.3, -0.25) is 9.36 Å². The standard InChI is InChI=1S/C35H30N2O6/c1-37-32(22-13-9-6-10-14-22)36-31-28(33(37)38)29(21-11-7-5-8-12-21)35(23-15-17-24(40-2)18-16-23)34(31,39)30-26(42-4)19-25(41-3)20-27(30)43-35/h5-20,29,39H,1-4H3/t29-,34+,35+/m1/s1. The van der Waals surface area contributed by atoms with Gasteiger partial charge in [-0.25, -0.2) is 4.98 Å². The van der Waals surface area contributed by atoms with Gasteiger partial charge >= 0.3 is 0 Å². The van der Waals surface area contributed by atoms with Crippen LogP contribution in [0.25, 0.3) is 11.4 Å². The fraction of sp³-hybridized carbons (Fsp3) is 0.200. The van der Waals surface area contributed by atoms with Crippen LogP contribution in [0.2, 0.25) is 0 Å². The van der Waals surface area contributed by atoms with E-state index in [1.165, 1.54) is 7.11 Å². The molecule has 1 aliphatic heterocycles. The second kappa shape index (κ2) is 9.74. The third-order valence-corrected chi connectivity index (χ3v) is 8.71. The zero-order chi connectivity index (χ0) is 29.9. The summed E-state index contributed by atoms with van der Waals surface area (Å²) in [5.41, 5.74) is -0.620. The molecule has 8 nitrogen and oxygen atoms in total. The van der Waals surface area contributed by atoms with Crippen LogP contribution in [0, 0.1) is 0 Å². The van der Waals surface area contributed by atoms with Crippen molar-refractivity contribution in [2.45, 2.75) is 17.1 Å². The first-order chi connectivity index (χ1) is 20.9. The summed E-state index contributed by atoms with van der Waals surface area (Å²) in [6.45, 7) is 0. The fourth-order valence-corrected chi connectivity index (χ4v) is 6.80. The molecule has 0 unspecified atom stereocenters. The van der Waals surface area contributed by atoms with E-state index < -0.39 is 17.1 Å². The fourth-order valence-electron chi connectivity index (χ4n) is 6.80. The van der Waals surface area contributed by atoms with Gasteiger partial charge in [0.1, 0.15) is 28.8 Å². The minimum Gasteiger partial charge on any atom is -0.497 e. The van der Waals surface area contributed by atoms with Crippen molar-refractivity contribution >= 4 is 0 Å². The van der Waals surface area contributed by atoms with E-state index in [9.17, 15) is 9.90 Å². The van der Waals surface area contributed by atoms with Crippen LogP contribution in [0.1, 0.15) is 33.9 Å². The molecule has 0 radical (unpaired) electrons. The molecule has 3 atom stereocenters. The average Bonchev–Trinajstić information content (AvgIpc) is 3.45. The predicted octanol–water partition coefficient (Wildman–Crippen LogP) is 5.14. The number of ether oxygens (including phenoxy) is 4. The van der Waals surface area contributed by atoms with Crippen molar-refractivity contribution in [3.63, 3.8) is 0 Å². The Bertz CT molecular complexity index is 1910. The van der Waals surface area contributed by atoms with Gasteiger partial charge in [-0.15, -0.1) is 0 Å². The van der Waals surface area contributed by atoms with Gasteiger partial charge in [0, 0.05) is 30.3 Å². The lowest BCUT2D eigenvalue weighted by Crippen LogP contribution is -2.49. The highest BCUT2D eigenvalue weighted by atomic mass is 16.5. The Morgan fingerprint density at radius 3 is 2.12 bits per heavy atom. The SMILES string of the molecule is COc1ccc([C@@]23Oc4cc(OC)cc(OC)c4[C@]2(O)c2nc(-c4ccccc4)n(C)c(=O)c2[C@H]3c2ccccc2)cc1. The van der Waals surface area contributed by atoms with E-state index in [1.54, 1.807) is 38.0 Å². The summed E-state index contributed by atoms with van der Waals surface area (Å²) >= 11 is 0. The van der Waals surface area contributed by atoms with Crippen molar-refractivity contribution in [2.75, 3.05) is 21.3 Å². The largest absolute Gasteiger partial charge is 0.497 e. The molecule has 4 aromatic carbocycles. The number of aliphatic hydroxyl groups is 1. The van der Waals surface area contributed by atoms with Crippen molar-refractivity contribution in [1.29, 1.82) is 0 Å². The van der Waals surface area contributed by atoms with Crippen LogP contribution < -0.4 is 24.5 Å². The molecular weight excluding hydrogens is 544 g/mol. The van der Waals surface area contributed by atoms with Gasteiger partial charge in [-0.1, -0.05) is 72.8 Å². The second-order valence-electron chi connectivity index (χ2n) is 10.8. The van der Waals surface area contributed by atoms with Gasteiger partial charge in [0.15, 0.2) is 11.2 Å². The van der Waals surface area contributed by atoms with E-state index in [0.717, 1.165) is 11.1 Å². The Kier molecular flexibility index (Phi) is 6.07. The second-order valence-corrected chi connectivity index (χ2v) is 10.8. The van der Waals surface area contributed by atoms with E-state index in [1.807, 2.05) is 84.9 Å². The molecule has 2 heterocycles. The molecule has 0 fully saturated rings. The van der Waals surface area contributed by atoms with E-state index >= 15 is 0 Å². The first kappa shape index (κ1) is 26.8. The first-order valence-electron chi connectivity index (χ1n) is 13.9. The van der Waals surface area contributed by atoms with Crippen molar-refractivity contribution in [2.24, 2.45) is 7.05 Å². The Labute approximate surface area is 248 Å². The molecule has 1 aromatic heterocycles. The zero-order valence-corrected chi connectivity index (χ0v) is 24.2. The molecule has 0 amide bonds. The normalized spacial score (nSPS) is 21.4. The van der Waals surface area contributed by atoms with E-state index in [4.69, 9.17) is 23.9 Å². The van der Waals surface area contributed by atoms with Crippen LogP contribution in [0.5, 0.6) is 23.0 Å². The van der Waals surface area contributed by atoms with E-state index in [-0.39, 0.29) is 11.3 Å². The van der Waals surface area contributed by atoms with Crippen molar-refractivity contribution in [3.05, 3.63) is 135 Å². The molecule has 0 saturated carbocycles. The highest BCUT2D eigenvalue weighted by Crippen LogP contribution is 2.69. The minimum atomic E-state index is -1.94. The van der Waals surface area contributed by atoms with Crippen molar-refractivity contribution in [1.82, 2.24) is 9.55 Å². The molecule has 8 heteroatoms. The molecule has 216 valence electrons. The Morgan fingerprint density at radius 2 is 1.49 bits per heavy atom. The monoisotopic (exact) mass is 574 g/mol. The highest BCUT2D eigenvalue weighted by molar-refractivity contribution is 5.70. The number of fused-ring (bicyclic) bond motifs is 5. The van der Waals surface area contributed by atoms with E-state index in [2.05, 4.69) is 0 Å². The van der Waals surface area contributed by atoms with Crippen LogP contribution in [0.15, 0.2) is 102 Å². The predicted molar refractivity (Wildman–Crippen MR) is 161 cm³/mol. The van der Waals surface area contributed by atoms with E-state index in [0.29, 0.717) is 45.5 Å². The van der Waals surface area contributed by atoms with Gasteiger partial charge in [0.25, 0.3) is 5.56 Å².